The molecule has 3 heteroatoms. The average molecular weight is 216 g/mol. The molecule has 0 aromatic heterocycles. The fourth-order valence-corrected chi connectivity index (χ4v) is 1.71. The van der Waals surface area contributed by atoms with E-state index in [9.17, 15) is 0 Å². The lowest BCUT2D eigenvalue weighted by molar-refractivity contribution is 0.148. The van der Waals surface area contributed by atoms with Gasteiger partial charge in [-0.25, -0.2) is 0 Å². The minimum Gasteiger partial charge on any atom is -0.396 e. The Bertz CT molecular complexity index is 176. The molecule has 0 amide bonds. The molecule has 0 heterocycles. The number of rotatable bonds is 7. The summed E-state index contributed by atoms with van der Waals surface area (Å²) in [6.07, 6.45) is 0. The molecule has 0 aliphatic rings. The van der Waals surface area contributed by atoms with Crippen molar-refractivity contribution in [2.24, 2.45) is 10.8 Å². The summed E-state index contributed by atoms with van der Waals surface area (Å²) in [7, 11) is 4.19. The first-order valence-corrected chi connectivity index (χ1v) is 5.65. The van der Waals surface area contributed by atoms with E-state index in [0.29, 0.717) is 0 Å². The molecule has 0 spiro atoms. The van der Waals surface area contributed by atoms with E-state index in [1.807, 2.05) is 0 Å². The predicted octanol–water partition coefficient (Wildman–Crippen LogP) is 1.18. The van der Waals surface area contributed by atoms with Crippen LogP contribution in [0.25, 0.3) is 0 Å². The fourth-order valence-electron chi connectivity index (χ4n) is 1.71. The van der Waals surface area contributed by atoms with E-state index < -0.39 is 0 Å². The molecule has 15 heavy (non-hydrogen) atoms. The molecule has 92 valence electrons. The SMILES string of the molecule is CN(C)CC(C)(C)CNCC(C)(C)CO. The topological polar surface area (TPSA) is 35.5 Å². The first-order chi connectivity index (χ1) is 6.68. The van der Waals surface area contributed by atoms with Crippen LogP contribution in [-0.4, -0.2) is 50.3 Å². The van der Waals surface area contributed by atoms with E-state index in [1.54, 1.807) is 0 Å². The largest absolute Gasteiger partial charge is 0.396 e. The van der Waals surface area contributed by atoms with Crippen LogP contribution in [0.5, 0.6) is 0 Å². The highest BCUT2D eigenvalue weighted by Crippen LogP contribution is 2.16. The van der Waals surface area contributed by atoms with Crippen molar-refractivity contribution in [3.8, 4) is 0 Å². The Morgan fingerprint density at radius 3 is 1.87 bits per heavy atom. The molecule has 0 aliphatic carbocycles. The molecular weight excluding hydrogens is 188 g/mol. The summed E-state index contributed by atoms with van der Waals surface area (Å²) in [6.45, 7) is 11.8. The minimum atomic E-state index is -0.0196. The zero-order chi connectivity index (χ0) is 12.1. The highest BCUT2D eigenvalue weighted by atomic mass is 16.3. The highest BCUT2D eigenvalue weighted by molar-refractivity contribution is 4.77. The van der Waals surface area contributed by atoms with Gasteiger partial charge in [0, 0.05) is 31.7 Å². The van der Waals surface area contributed by atoms with Gasteiger partial charge in [-0.1, -0.05) is 27.7 Å². The van der Waals surface area contributed by atoms with Crippen LogP contribution >= 0.6 is 0 Å². The maximum Gasteiger partial charge on any atom is 0.0494 e. The van der Waals surface area contributed by atoms with Crippen LogP contribution in [0, 0.1) is 10.8 Å². The van der Waals surface area contributed by atoms with E-state index in [4.69, 9.17) is 5.11 Å². The van der Waals surface area contributed by atoms with Gasteiger partial charge >= 0.3 is 0 Å². The van der Waals surface area contributed by atoms with Crippen LogP contribution in [-0.2, 0) is 0 Å². The standard InChI is InChI=1S/C12H28N2O/c1-11(2,9-14(5)6)7-13-8-12(3,4)10-15/h13,15H,7-10H2,1-6H3. The third-order valence-corrected chi connectivity index (χ3v) is 2.38. The van der Waals surface area contributed by atoms with Gasteiger partial charge in [0.2, 0.25) is 0 Å². The number of nitrogens with zero attached hydrogens (tertiary/aromatic N) is 1. The van der Waals surface area contributed by atoms with Gasteiger partial charge in [0.05, 0.1) is 0 Å². The molecule has 0 saturated heterocycles. The number of hydrogen-bond acceptors (Lipinski definition) is 3. The van der Waals surface area contributed by atoms with Crippen LogP contribution < -0.4 is 5.32 Å². The smallest absolute Gasteiger partial charge is 0.0494 e. The van der Waals surface area contributed by atoms with Crippen LogP contribution in [0.3, 0.4) is 0 Å². The Labute approximate surface area is 94.9 Å². The van der Waals surface area contributed by atoms with E-state index in [1.165, 1.54) is 0 Å². The van der Waals surface area contributed by atoms with Crippen LogP contribution in [0.1, 0.15) is 27.7 Å². The zero-order valence-electron chi connectivity index (χ0n) is 11.2. The third kappa shape index (κ3) is 7.77. The Hall–Kier alpha value is -0.120. The van der Waals surface area contributed by atoms with Gasteiger partial charge in [0.25, 0.3) is 0 Å². The van der Waals surface area contributed by atoms with E-state index >= 15 is 0 Å². The number of aliphatic hydroxyl groups is 1. The Morgan fingerprint density at radius 2 is 1.47 bits per heavy atom. The van der Waals surface area contributed by atoms with Crippen molar-refractivity contribution in [1.82, 2.24) is 10.2 Å². The summed E-state index contributed by atoms with van der Waals surface area (Å²) >= 11 is 0. The highest BCUT2D eigenvalue weighted by Gasteiger charge is 2.21. The van der Waals surface area contributed by atoms with E-state index in [2.05, 4.69) is 52.0 Å². The first-order valence-electron chi connectivity index (χ1n) is 5.65. The molecule has 0 aromatic rings. The van der Waals surface area contributed by atoms with Crippen molar-refractivity contribution < 1.29 is 5.11 Å². The van der Waals surface area contributed by atoms with Gasteiger partial charge in [-0.2, -0.15) is 0 Å². The molecule has 0 aliphatic heterocycles. The Morgan fingerprint density at radius 1 is 1.00 bits per heavy atom. The summed E-state index contributed by atoms with van der Waals surface area (Å²) in [5.74, 6) is 0. The lowest BCUT2D eigenvalue weighted by Crippen LogP contribution is -2.41. The molecule has 0 atom stereocenters. The lowest BCUT2D eigenvalue weighted by Gasteiger charge is -2.30. The Kier molecular flexibility index (Phi) is 5.78. The number of nitrogens with one attached hydrogen (secondary N) is 1. The van der Waals surface area contributed by atoms with Crippen molar-refractivity contribution in [1.29, 1.82) is 0 Å². The maximum atomic E-state index is 9.12. The fraction of sp³-hybridized carbons (Fsp3) is 1.00. The van der Waals surface area contributed by atoms with Gasteiger partial charge in [-0.15, -0.1) is 0 Å². The van der Waals surface area contributed by atoms with E-state index in [0.717, 1.165) is 19.6 Å². The van der Waals surface area contributed by atoms with Crippen molar-refractivity contribution >= 4 is 0 Å². The third-order valence-electron chi connectivity index (χ3n) is 2.38. The Balaban J connectivity index is 3.84. The molecule has 0 radical (unpaired) electrons. The van der Waals surface area contributed by atoms with Gasteiger partial charge in [-0.05, 0) is 19.5 Å². The maximum absolute atomic E-state index is 9.12. The quantitative estimate of drug-likeness (QED) is 0.671. The molecule has 2 N–H and O–H groups in total. The predicted molar refractivity (Wildman–Crippen MR) is 66.1 cm³/mol. The van der Waals surface area contributed by atoms with Crippen LogP contribution in [0.4, 0.5) is 0 Å². The van der Waals surface area contributed by atoms with Crippen molar-refractivity contribution in [3.05, 3.63) is 0 Å². The summed E-state index contributed by atoms with van der Waals surface area (Å²) in [5.41, 5.74) is 0.253. The molecule has 0 fully saturated rings. The summed E-state index contributed by atoms with van der Waals surface area (Å²) in [4.78, 5) is 2.21. The van der Waals surface area contributed by atoms with Crippen LogP contribution in [0.15, 0.2) is 0 Å². The van der Waals surface area contributed by atoms with Crippen molar-refractivity contribution in [2.75, 3.05) is 40.3 Å². The molecule has 0 bridgehead atoms. The molecule has 0 unspecified atom stereocenters. The minimum absolute atomic E-state index is 0.0196. The molecule has 0 saturated carbocycles. The average Bonchev–Trinajstić information content (AvgIpc) is 2.00. The molecule has 3 nitrogen and oxygen atoms in total. The second-order valence-corrected chi connectivity index (χ2v) is 6.33. The molecular formula is C12H28N2O. The van der Waals surface area contributed by atoms with Crippen LogP contribution in [0.2, 0.25) is 0 Å². The number of hydrogen-bond donors (Lipinski definition) is 2. The first kappa shape index (κ1) is 14.9. The lowest BCUT2D eigenvalue weighted by atomic mass is 9.91. The van der Waals surface area contributed by atoms with Crippen molar-refractivity contribution in [3.63, 3.8) is 0 Å². The monoisotopic (exact) mass is 216 g/mol. The van der Waals surface area contributed by atoms with Gasteiger partial charge in [0.15, 0.2) is 0 Å². The summed E-state index contributed by atoms with van der Waals surface area (Å²) in [5, 5.41) is 12.6. The summed E-state index contributed by atoms with van der Waals surface area (Å²) < 4.78 is 0. The second-order valence-electron chi connectivity index (χ2n) is 6.33. The molecule has 0 rings (SSSR count). The number of aliphatic hydroxyl groups excluding tert-OH is 1. The van der Waals surface area contributed by atoms with E-state index in [-0.39, 0.29) is 17.4 Å². The second kappa shape index (κ2) is 5.83. The zero-order valence-corrected chi connectivity index (χ0v) is 11.2. The van der Waals surface area contributed by atoms with Gasteiger partial charge in [0.1, 0.15) is 0 Å². The van der Waals surface area contributed by atoms with Crippen molar-refractivity contribution in [2.45, 2.75) is 27.7 Å². The summed E-state index contributed by atoms with van der Waals surface area (Å²) in [6, 6.07) is 0. The van der Waals surface area contributed by atoms with Gasteiger partial charge in [-0.3, -0.25) is 0 Å². The molecule has 0 aromatic carbocycles. The normalized spacial score (nSPS) is 13.6. The van der Waals surface area contributed by atoms with Gasteiger partial charge < -0.3 is 15.3 Å².